The summed E-state index contributed by atoms with van der Waals surface area (Å²) in [7, 11) is -11.3. The minimum absolute atomic E-state index is 0.167. The normalized spacial score (nSPS) is 14.0. The van der Waals surface area contributed by atoms with Gasteiger partial charge in [0.1, 0.15) is 5.75 Å². The summed E-state index contributed by atoms with van der Waals surface area (Å²) in [6.45, 7) is 2.34. The summed E-state index contributed by atoms with van der Waals surface area (Å²) in [5.41, 5.74) is 0. The second-order valence-electron chi connectivity index (χ2n) is 9.25. The fourth-order valence-corrected chi connectivity index (χ4v) is 9.11. The van der Waals surface area contributed by atoms with E-state index in [1.807, 2.05) is 6.92 Å². The maximum Gasteiger partial charge on any atom is 0.460 e. The van der Waals surface area contributed by atoms with Gasteiger partial charge in [-0.3, -0.25) is 0 Å². The molecule has 0 radical (unpaired) electrons. The molecule has 0 spiro atoms. The Kier molecular flexibility index (Phi) is 10.4. The van der Waals surface area contributed by atoms with Gasteiger partial charge in [0.05, 0.1) is 6.61 Å². The summed E-state index contributed by atoms with van der Waals surface area (Å²) in [5, 5.41) is -7.04. The molecular formula is C28H27F9O4S2. The number of unbranched alkanes of at least 4 members (excludes halogenated alkanes) is 3. The summed E-state index contributed by atoms with van der Waals surface area (Å²) >= 11 is 0. The predicted octanol–water partition coefficient (Wildman–Crippen LogP) is 9.61. The fourth-order valence-electron chi connectivity index (χ4n) is 3.89. The quantitative estimate of drug-likeness (QED) is 0.127. The lowest BCUT2D eigenvalue weighted by Crippen LogP contribution is -2.63. The lowest BCUT2D eigenvalue weighted by atomic mass is 10.1. The van der Waals surface area contributed by atoms with Crippen LogP contribution >= 0.6 is 10.3 Å². The minimum Gasteiger partial charge on any atom is -0.494 e. The van der Waals surface area contributed by atoms with Gasteiger partial charge in [-0.25, -0.2) is 3.63 Å². The molecule has 238 valence electrons. The second kappa shape index (κ2) is 13.0. The summed E-state index contributed by atoms with van der Waals surface area (Å²) in [6, 6.07) is 18.3. The van der Waals surface area contributed by atoms with E-state index in [-0.39, 0.29) is 20.4 Å². The van der Waals surface area contributed by atoms with Gasteiger partial charge in [-0.2, -0.15) is 47.9 Å². The summed E-state index contributed by atoms with van der Waals surface area (Å²) < 4.78 is 161. The third-order valence-corrected chi connectivity index (χ3v) is 11.4. The molecule has 0 aliphatic heterocycles. The Morgan fingerprint density at radius 2 is 1.07 bits per heavy atom. The Hall–Kier alpha value is -2.91. The summed E-state index contributed by atoms with van der Waals surface area (Å²) in [4.78, 5) is -0.520. The van der Waals surface area contributed by atoms with Crippen molar-refractivity contribution in [2.75, 3.05) is 6.61 Å². The van der Waals surface area contributed by atoms with E-state index >= 15 is 0 Å². The molecule has 0 aromatic heterocycles. The van der Waals surface area contributed by atoms with Gasteiger partial charge < -0.3 is 4.74 Å². The summed E-state index contributed by atoms with van der Waals surface area (Å²) in [6.07, 6.45) is -3.65. The zero-order chi connectivity index (χ0) is 32.2. The molecule has 43 heavy (non-hydrogen) atoms. The topological polar surface area (TPSA) is 52.6 Å². The average Bonchev–Trinajstić information content (AvgIpc) is 2.96. The van der Waals surface area contributed by atoms with Gasteiger partial charge in [-0.15, -0.1) is 0 Å². The SMILES string of the molecule is CCCCCCOc1ccc(S(OS(=O)(=O)C(F)(F)C(F)(F)C(F)(F)C(F)(F)F)(c2ccccc2)c2ccccc2)cc1. The summed E-state index contributed by atoms with van der Waals surface area (Å²) in [5.74, 6) is -14.6. The van der Waals surface area contributed by atoms with Gasteiger partial charge in [0, 0.05) is 14.7 Å². The van der Waals surface area contributed by atoms with Crippen molar-refractivity contribution in [3.05, 3.63) is 84.9 Å². The number of ether oxygens (including phenoxy) is 1. The molecule has 0 aliphatic carbocycles. The third-order valence-electron chi connectivity index (χ3n) is 6.19. The molecule has 0 atom stereocenters. The zero-order valence-corrected chi connectivity index (χ0v) is 24.1. The van der Waals surface area contributed by atoms with Gasteiger partial charge in [-0.1, -0.05) is 62.6 Å². The lowest BCUT2D eigenvalue weighted by molar-refractivity contribution is -0.382. The van der Waals surface area contributed by atoms with Crippen LogP contribution in [0.3, 0.4) is 0 Å². The van der Waals surface area contributed by atoms with E-state index in [0.717, 1.165) is 19.3 Å². The van der Waals surface area contributed by atoms with E-state index in [0.29, 0.717) is 13.0 Å². The van der Waals surface area contributed by atoms with Crippen LogP contribution in [0.5, 0.6) is 5.75 Å². The second-order valence-corrected chi connectivity index (χ2v) is 13.7. The Morgan fingerprint density at radius 1 is 0.605 bits per heavy atom. The first-order valence-electron chi connectivity index (χ1n) is 12.8. The van der Waals surface area contributed by atoms with Crippen molar-refractivity contribution in [2.24, 2.45) is 0 Å². The molecule has 0 unspecified atom stereocenters. The van der Waals surface area contributed by atoms with Gasteiger partial charge in [0.2, 0.25) is 0 Å². The molecule has 3 aromatic rings. The van der Waals surface area contributed by atoms with Gasteiger partial charge in [0.25, 0.3) is 0 Å². The monoisotopic (exact) mass is 662 g/mol. The Bertz CT molecular complexity index is 1390. The number of hydrogen-bond donors (Lipinski definition) is 0. The van der Waals surface area contributed by atoms with E-state index in [1.54, 1.807) is 0 Å². The van der Waals surface area contributed by atoms with Crippen molar-refractivity contribution in [1.29, 1.82) is 0 Å². The van der Waals surface area contributed by atoms with E-state index in [2.05, 4.69) is 0 Å². The first-order valence-corrected chi connectivity index (χ1v) is 15.7. The van der Waals surface area contributed by atoms with E-state index in [9.17, 15) is 47.9 Å². The molecule has 0 aliphatic rings. The Balaban J connectivity index is 2.20. The number of rotatable bonds is 14. The molecule has 0 fully saturated rings. The number of halogens is 9. The third kappa shape index (κ3) is 6.63. The molecule has 0 saturated heterocycles. The number of hydrogen-bond acceptors (Lipinski definition) is 4. The van der Waals surface area contributed by atoms with Crippen molar-refractivity contribution >= 4 is 20.4 Å². The van der Waals surface area contributed by atoms with E-state index in [1.165, 1.54) is 84.9 Å². The maximum absolute atomic E-state index is 14.9. The fraction of sp³-hybridized carbons (Fsp3) is 0.357. The molecule has 4 nitrogen and oxygen atoms in total. The highest BCUT2D eigenvalue weighted by molar-refractivity contribution is 8.33. The van der Waals surface area contributed by atoms with Crippen LogP contribution < -0.4 is 4.74 Å². The first-order chi connectivity index (χ1) is 20.0. The van der Waals surface area contributed by atoms with Crippen molar-refractivity contribution in [2.45, 2.75) is 70.6 Å². The van der Waals surface area contributed by atoms with Crippen LogP contribution in [0, 0.1) is 0 Å². The smallest absolute Gasteiger partial charge is 0.460 e. The molecule has 0 saturated carbocycles. The van der Waals surface area contributed by atoms with Crippen molar-refractivity contribution in [3.63, 3.8) is 0 Å². The minimum atomic E-state index is -7.45. The standard InChI is InChI=1S/C28H27F9O4S2/c1-2-3-4-11-20-40-21-16-18-24(19-17-21)42(22-12-7-5-8-13-22,23-14-9-6-10-15-23)41-43(38,39)28(36,37)26(31,32)25(29,30)27(33,34)35/h5-10,12-19H,2-4,11,20H2,1H3. The van der Waals surface area contributed by atoms with Crippen LogP contribution in [0.4, 0.5) is 39.5 Å². The lowest BCUT2D eigenvalue weighted by Gasteiger charge is -2.41. The van der Waals surface area contributed by atoms with Crippen LogP contribution in [-0.4, -0.2) is 38.3 Å². The average molecular weight is 663 g/mol. The van der Waals surface area contributed by atoms with Crippen LogP contribution in [0.1, 0.15) is 32.6 Å². The van der Waals surface area contributed by atoms with Gasteiger partial charge in [0.15, 0.2) is 0 Å². The van der Waals surface area contributed by atoms with E-state index in [4.69, 9.17) is 8.37 Å². The largest absolute Gasteiger partial charge is 0.494 e. The van der Waals surface area contributed by atoms with Crippen LogP contribution in [0.2, 0.25) is 0 Å². The molecule has 3 rings (SSSR count). The van der Waals surface area contributed by atoms with Gasteiger partial charge in [-0.05, 0) is 65.3 Å². The molecule has 0 amide bonds. The number of alkyl halides is 9. The molecule has 3 aromatic carbocycles. The van der Waals surface area contributed by atoms with Crippen LogP contribution in [0.15, 0.2) is 99.6 Å². The van der Waals surface area contributed by atoms with Crippen molar-refractivity contribution in [1.82, 2.24) is 0 Å². The highest BCUT2D eigenvalue weighted by atomic mass is 32.3. The number of benzene rings is 3. The van der Waals surface area contributed by atoms with Crippen LogP contribution in [0.25, 0.3) is 0 Å². The van der Waals surface area contributed by atoms with Crippen molar-refractivity contribution < 1.29 is 56.3 Å². The van der Waals surface area contributed by atoms with Gasteiger partial charge >= 0.3 is 33.4 Å². The Labute approximate surface area is 244 Å². The molecule has 0 bridgehead atoms. The maximum atomic E-state index is 14.9. The molecule has 15 heteroatoms. The Morgan fingerprint density at radius 3 is 1.51 bits per heavy atom. The molecule has 0 heterocycles. The zero-order valence-electron chi connectivity index (χ0n) is 22.5. The van der Waals surface area contributed by atoms with E-state index < -0.39 is 43.7 Å². The molecular weight excluding hydrogens is 635 g/mol. The van der Waals surface area contributed by atoms with Crippen molar-refractivity contribution in [3.8, 4) is 5.75 Å². The first kappa shape index (κ1) is 34.6. The molecule has 0 N–H and O–H groups in total. The highest BCUT2D eigenvalue weighted by Crippen LogP contribution is 2.71. The predicted molar refractivity (Wildman–Crippen MR) is 142 cm³/mol. The van der Waals surface area contributed by atoms with Crippen LogP contribution in [-0.2, 0) is 13.7 Å². The highest BCUT2D eigenvalue weighted by Gasteiger charge is 2.86.